The Balaban J connectivity index is 1.90. The molecule has 110 valence electrons. The molecule has 1 aromatic heterocycles. The van der Waals surface area contributed by atoms with Crippen LogP contribution in [0.2, 0.25) is 0 Å². The van der Waals surface area contributed by atoms with E-state index in [-0.39, 0.29) is 0 Å². The summed E-state index contributed by atoms with van der Waals surface area (Å²) in [5, 5.41) is 3.41. The third-order valence-corrected chi connectivity index (χ3v) is 3.63. The number of nitrogens with zero attached hydrogens (tertiary/aromatic N) is 3. The molecule has 0 bridgehead atoms. The Labute approximate surface area is 121 Å². The highest BCUT2D eigenvalue weighted by Gasteiger charge is 2.18. The van der Waals surface area contributed by atoms with E-state index in [0.717, 1.165) is 37.1 Å². The zero-order valence-electron chi connectivity index (χ0n) is 12.6. The summed E-state index contributed by atoms with van der Waals surface area (Å²) in [6, 6.07) is 3.90. The van der Waals surface area contributed by atoms with E-state index in [1.807, 2.05) is 25.4 Å². The van der Waals surface area contributed by atoms with Gasteiger partial charge in [0, 0.05) is 38.9 Å². The molecule has 1 fully saturated rings. The number of guanidine groups is 1. The minimum Gasteiger partial charge on any atom is -0.481 e. The molecule has 1 aliphatic heterocycles. The fourth-order valence-corrected chi connectivity index (χ4v) is 2.53. The highest BCUT2D eigenvalue weighted by atomic mass is 16.5. The normalized spacial score (nSPS) is 19.9. The molecule has 2 rings (SSSR count). The van der Waals surface area contributed by atoms with Crippen LogP contribution in [0.15, 0.2) is 23.3 Å². The summed E-state index contributed by atoms with van der Waals surface area (Å²) >= 11 is 0. The van der Waals surface area contributed by atoms with Crippen LogP contribution >= 0.6 is 0 Å². The summed E-state index contributed by atoms with van der Waals surface area (Å²) in [5.74, 6) is 2.36. The molecule has 2 heterocycles. The molecule has 0 aliphatic carbocycles. The van der Waals surface area contributed by atoms with Gasteiger partial charge >= 0.3 is 0 Å². The van der Waals surface area contributed by atoms with Gasteiger partial charge in [-0.15, -0.1) is 0 Å². The van der Waals surface area contributed by atoms with Crippen molar-refractivity contribution in [1.29, 1.82) is 0 Å². The van der Waals surface area contributed by atoms with Gasteiger partial charge in [-0.3, -0.25) is 4.99 Å². The molecule has 20 heavy (non-hydrogen) atoms. The molecule has 0 saturated carbocycles. The molecule has 0 aromatic carbocycles. The number of likely N-dealkylation sites (tertiary alicyclic amines) is 1. The molecular formula is C15H24N4O. The van der Waals surface area contributed by atoms with Crippen LogP contribution in [0, 0.1) is 5.92 Å². The van der Waals surface area contributed by atoms with Crippen molar-refractivity contribution in [3.8, 4) is 5.88 Å². The van der Waals surface area contributed by atoms with Gasteiger partial charge in [-0.25, -0.2) is 4.98 Å². The van der Waals surface area contributed by atoms with Crippen molar-refractivity contribution in [2.45, 2.75) is 26.3 Å². The van der Waals surface area contributed by atoms with E-state index < -0.39 is 0 Å². The lowest BCUT2D eigenvalue weighted by molar-refractivity contribution is 0.266. The number of piperidine rings is 1. The van der Waals surface area contributed by atoms with Crippen molar-refractivity contribution in [3.63, 3.8) is 0 Å². The first-order valence-electron chi connectivity index (χ1n) is 7.17. The number of pyridine rings is 1. The lowest BCUT2D eigenvalue weighted by Gasteiger charge is -2.33. The smallest absolute Gasteiger partial charge is 0.212 e. The second kappa shape index (κ2) is 7.12. The van der Waals surface area contributed by atoms with Gasteiger partial charge in [-0.1, -0.05) is 13.0 Å². The largest absolute Gasteiger partial charge is 0.481 e. The average Bonchev–Trinajstić information content (AvgIpc) is 2.48. The minimum absolute atomic E-state index is 0.642. The third kappa shape index (κ3) is 3.85. The number of methoxy groups -OCH3 is 1. The predicted octanol–water partition coefficient (Wildman–Crippen LogP) is 1.90. The SMILES string of the molecule is CN=C(NCc1ccc(OC)nc1)N1CCCC(C)C1. The van der Waals surface area contributed by atoms with Crippen LogP contribution in [0.4, 0.5) is 0 Å². The van der Waals surface area contributed by atoms with Crippen molar-refractivity contribution in [2.24, 2.45) is 10.9 Å². The number of aliphatic imine (C=N–C) groups is 1. The van der Waals surface area contributed by atoms with Crippen LogP contribution in [-0.4, -0.2) is 43.1 Å². The molecule has 1 aliphatic rings. The van der Waals surface area contributed by atoms with E-state index in [1.54, 1.807) is 7.11 Å². The summed E-state index contributed by atoms with van der Waals surface area (Å²) in [6.45, 7) is 5.20. The Kier molecular flexibility index (Phi) is 5.21. The Morgan fingerprint density at radius 1 is 1.55 bits per heavy atom. The van der Waals surface area contributed by atoms with Gasteiger partial charge in [-0.2, -0.15) is 0 Å². The number of hydrogen-bond donors (Lipinski definition) is 1. The topological polar surface area (TPSA) is 49.8 Å². The molecule has 1 saturated heterocycles. The fraction of sp³-hybridized carbons (Fsp3) is 0.600. The van der Waals surface area contributed by atoms with Crippen molar-refractivity contribution < 1.29 is 4.74 Å². The van der Waals surface area contributed by atoms with Crippen molar-refractivity contribution in [2.75, 3.05) is 27.2 Å². The van der Waals surface area contributed by atoms with Crippen LogP contribution in [0.5, 0.6) is 5.88 Å². The third-order valence-electron chi connectivity index (χ3n) is 3.63. The van der Waals surface area contributed by atoms with Crippen LogP contribution in [-0.2, 0) is 6.54 Å². The second-order valence-corrected chi connectivity index (χ2v) is 5.30. The highest BCUT2D eigenvalue weighted by Crippen LogP contribution is 2.15. The number of hydrogen-bond acceptors (Lipinski definition) is 3. The van der Waals surface area contributed by atoms with Gasteiger partial charge in [0.25, 0.3) is 0 Å². The average molecular weight is 276 g/mol. The van der Waals surface area contributed by atoms with Crippen LogP contribution < -0.4 is 10.1 Å². The maximum absolute atomic E-state index is 5.06. The first kappa shape index (κ1) is 14.6. The van der Waals surface area contributed by atoms with E-state index in [4.69, 9.17) is 4.74 Å². The van der Waals surface area contributed by atoms with E-state index in [0.29, 0.717) is 5.88 Å². The summed E-state index contributed by atoms with van der Waals surface area (Å²) in [7, 11) is 3.47. The molecular weight excluding hydrogens is 252 g/mol. The Bertz CT molecular complexity index is 444. The molecule has 1 atom stereocenters. The van der Waals surface area contributed by atoms with Gasteiger partial charge in [-0.05, 0) is 24.3 Å². The molecule has 0 amide bonds. The summed E-state index contributed by atoms with van der Waals surface area (Å²) in [6.07, 6.45) is 4.39. The fourth-order valence-electron chi connectivity index (χ4n) is 2.53. The Hall–Kier alpha value is -1.78. The lowest BCUT2D eigenvalue weighted by atomic mass is 10.0. The first-order valence-corrected chi connectivity index (χ1v) is 7.17. The lowest BCUT2D eigenvalue weighted by Crippen LogP contribution is -2.45. The first-order chi connectivity index (χ1) is 9.72. The Morgan fingerprint density at radius 3 is 3.00 bits per heavy atom. The molecule has 0 spiro atoms. The molecule has 1 N–H and O–H groups in total. The van der Waals surface area contributed by atoms with Crippen LogP contribution in [0.1, 0.15) is 25.3 Å². The van der Waals surface area contributed by atoms with Gasteiger partial charge in [0.1, 0.15) is 0 Å². The van der Waals surface area contributed by atoms with Crippen molar-refractivity contribution >= 4 is 5.96 Å². The number of rotatable bonds is 3. The molecule has 1 aromatic rings. The van der Waals surface area contributed by atoms with E-state index in [1.165, 1.54) is 12.8 Å². The minimum atomic E-state index is 0.642. The zero-order chi connectivity index (χ0) is 14.4. The van der Waals surface area contributed by atoms with Gasteiger partial charge < -0.3 is 15.0 Å². The monoisotopic (exact) mass is 276 g/mol. The standard InChI is InChI=1S/C15H24N4O/c1-12-5-4-8-19(11-12)15(16-2)18-10-13-6-7-14(20-3)17-9-13/h6-7,9,12H,4-5,8,10-11H2,1-3H3,(H,16,18). The summed E-state index contributed by atoms with van der Waals surface area (Å²) < 4.78 is 5.06. The molecule has 5 heteroatoms. The van der Waals surface area contributed by atoms with E-state index in [2.05, 4.69) is 27.1 Å². The summed E-state index contributed by atoms with van der Waals surface area (Å²) in [4.78, 5) is 10.9. The van der Waals surface area contributed by atoms with E-state index in [9.17, 15) is 0 Å². The number of nitrogens with one attached hydrogen (secondary N) is 1. The van der Waals surface area contributed by atoms with Gasteiger partial charge in [0.2, 0.25) is 5.88 Å². The molecule has 1 unspecified atom stereocenters. The second-order valence-electron chi connectivity index (χ2n) is 5.30. The van der Waals surface area contributed by atoms with Crippen molar-refractivity contribution in [3.05, 3.63) is 23.9 Å². The maximum atomic E-state index is 5.06. The van der Waals surface area contributed by atoms with Crippen LogP contribution in [0.3, 0.4) is 0 Å². The number of aromatic nitrogens is 1. The van der Waals surface area contributed by atoms with Crippen molar-refractivity contribution in [1.82, 2.24) is 15.2 Å². The molecule has 0 radical (unpaired) electrons. The highest BCUT2D eigenvalue weighted by molar-refractivity contribution is 5.79. The predicted molar refractivity (Wildman–Crippen MR) is 81.0 cm³/mol. The van der Waals surface area contributed by atoms with E-state index >= 15 is 0 Å². The number of ether oxygens (including phenoxy) is 1. The maximum Gasteiger partial charge on any atom is 0.212 e. The van der Waals surface area contributed by atoms with Gasteiger partial charge in [0.15, 0.2) is 5.96 Å². The zero-order valence-corrected chi connectivity index (χ0v) is 12.6. The van der Waals surface area contributed by atoms with Crippen LogP contribution in [0.25, 0.3) is 0 Å². The van der Waals surface area contributed by atoms with Gasteiger partial charge in [0.05, 0.1) is 7.11 Å². The molecule has 5 nitrogen and oxygen atoms in total. The summed E-state index contributed by atoms with van der Waals surface area (Å²) in [5.41, 5.74) is 1.12. The quantitative estimate of drug-likeness (QED) is 0.676. The Morgan fingerprint density at radius 2 is 2.40 bits per heavy atom.